The van der Waals surface area contributed by atoms with Gasteiger partial charge in [0.2, 0.25) is 0 Å². The third-order valence-corrected chi connectivity index (χ3v) is 12.9. The van der Waals surface area contributed by atoms with Crippen molar-refractivity contribution in [1.82, 2.24) is 0 Å². The first kappa shape index (κ1) is 62.9. The van der Waals surface area contributed by atoms with Crippen molar-refractivity contribution in [1.29, 1.82) is 0 Å². The van der Waals surface area contributed by atoms with Gasteiger partial charge in [-0.25, -0.2) is 0 Å². The highest BCUT2D eigenvalue weighted by molar-refractivity contribution is 5.71. The minimum atomic E-state index is -0.768. The van der Waals surface area contributed by atoms with E-state index in [1.807, 2.05) is 0 Å². The van der Waals surface area contributed by atoms with Crippen LogP contribution in [0.3, 0.4) is 0 Å². The molecule has 1 atom stereocenters. The van der Waals surface area contributed by atoms with Gasteiger partial charge in [-0.05, 0) is 70.6 Å². The van der Waals surface area contributed by atoms with Gasteiger partial charge in [0.05, 0.1) is 0 Å². The second-order valence-corrected chi connectivity index (χ2v) is 19.6. The highest BCUT2D eigenvalue weighted by Crippen LogP contribution is 2.16. The molecule has 6 nitrogen and oxygen atoms in total. The summed E-state index contributed by atoms with van der Waals surface area (Å²) in [6.07, 6.45) is 63.7. The predicted octanol–water partition coefficient (Wildman–Crippen LogP) is 19.1. The Labute approximate surface area is 404 Å². The average Bonchev–Trinajstić information content (AvgIpc) is 3.30. The molecule has 0 aromatic heterocycles. The van der Waals surface area contributed by atoms with Crippen LogP contribution < -0.4 is 0 Å². The number of esters is 3. The van der Waals surface area contributed by atoms with Crippen LogP contribution >= 0.6 is 0 Å². The molecule has 0 N–H and O–H groups in total. The molecule has 0 saturated heterocycles. The summed E-state index contributed by atoms with van der Waals surface area (Å²) in [6, 6.07) is 0. The Morgan fingerprint density at radius 2 is 0.508 bits per heavy atom. The van der Waals surface area contributed by atoms with Gasteiger partial charge in [0.25, 0.3) is 0 Å². The number of carbonyl (C=O) groups excluding carboxylic acids is 3. The van der Waals surface area contributed by atoms with E-state index in [0.29, 0.717) is 19.3 Å². The number of unbranched alkanes of at least 4 members (excludes halogenated alkanes) is 38. The molecule has 0 heterocycles. The van der Waals surface area contributed by atoms with Crippen LogP contribution in [0.2, 0.25) is 0 Å². The Morgan fingerprint density at radius 1 is 0.292 bits per heavy atom. The normalized spacial score (nSPS) is 12.1. The first-order valence-electron chi connectivity index (χ1n) is 28.8. The molecule has 0 spiro atoms. The maximum atomic E-state index is 12.7. The maximum absolute atomic E-state index is 12.7. The molecule has 1 unspecified atom stereocenters. The van der Waals surface area contributed by atoms with Gasteiger partial charge >= 0.3 is 17.9 Å². The molecule has 0 aliphatic heterocycles. The van der Waals surface area contributed by atoms with E-state index >= 15 is 0 Å². The van der Waals surface area contributed by atoms with Crippen molar-refractivity contribution in [2.24, 2.45) is 0 Å². The monoisotopic (exact) mass is 915 g/mol. The van der Waals surface area contributed by atoms with Crippen LogP contribution in [0.4, 0.5) is 0 Å². The van der Waals surface area contributed by atoms with Crippen molar-refractivity contribution in [2.45, 2.75) is 322 Å². The molecule has 0 radical (unpaired) electrons. The van der Waals surface area contributed by atoms with E-state index < -0.39 is 6.10 Å². The molecule has 0 rings (SSSR count). The minimum absolute atomic E-state index is 0.0714. The zero-order chi connectivity index (χ0) is 47.2. The quantitative estimate of drug-likeness (QED) is 0.0262. The smallest absolute Gasteiger partial charge is 0.306 e. The van der Waals surface area contributed by atoms with Crippen LogP contribution in [0.15, 0.2) is 24.3 Å². The highest BCUT2D eigenvalue weighted by Gasteiger charge is 2.19. The van der Waals surface area contributed by atoms with Gasteiger partial charge in [-0.2, -0.15) is 0 Å². The number of ether oxygens (including phenoxy) is 3. The lowest BCUT2D eigenvalue weighted by Gasteiger charge is -2.18. The van der Waals surface area contributed by atoms with Crippen LogP contribution in [0, 0.1) is 0 Å². The highest BCUT2D eigenvalue weighted by atomic mass is 16.6. The van der Waals surface area contributed by atoms with Crippen molar-refractivity contribution < 1.29 is 28.6 Å². The van der Waals surface area contributed by atoms with E-state index in [2.05, 4.69) is 45.1 Å². The number of hydrogen-bond donors (Lipinski definition) is 0. The van der Waals surface area contributed by atoms with Gasteiger partial charge in [-0.3, -0.25) is 14.4 Å². The SMILES string of the molecule is CCCCCCCC/C=C\CCCCCCCC(=O)OC(COC(=O)CCCCCCC)COC(=O)CCCCCCCCCCCCCCCCC/C=C\CCCCCCCCCC. The third kappa shape index (κ3) is 52.7. The number of allylic oxidation sites excluding steroid dienone is 4. The van der Waals surface area contributed by atoms with Crippen LogP contribution in [-0.4, -0.2) is 37.2 Å². The minimum Gasteiger partial charge on any atom is -0.462 e. The summed E-state index contributed by atoms with van der Waals surface area (Å²) in [5, 5.41) is 0. The predicted molar refractivity (Wildman–Crippen MR) is 279 cm³/mol. The van der Waals surface area contributed by atoms with Gasteiger partial charge in [-0.15, -0.1) is 0 Å². The molecule has 65 heavy (non-hydrogen) atoms. The van der Waals surface area contributed by atoms with Gasteiger partial charge in [0, 0.05) is 19.3 Å². The van der Waals surface area contributed by atoms with Crippen molar-refractivity contribution in [3.05, 3.63) is 24.3 Å². The van der Waals surface area contributed by atoms with E-state index in [0.717, 1.165) is 70.6 Å². The van der Waals surface area contributed by atoms with E-state index in [9.17, 15) is 14.4 Å². The molecule has 0 aliphatic rings. The zero-order valence-corrected chi connectivity index (χ0v) is 43.8. The fraction of sp³-hybridized carbons (Fsp3) is 0.881. The first-order valence-corrected chi connectivity index (χ1v) is 28.8. The lowest BCUT2D eigenvalue weighted by Crippen LogP contribution is -2.30. The van der Waals surface area contributed by atoms with Crippen molar-refractivity contribution in [2.75, 3.05) is 13.2 Å². The Hall–Kier alpha value is -2.11. The van der Waals surface area contributed by atoms with Crippen LogP contribution in [0.5, 0.6) is 0 Å². The lowest BCUT2D eigenvalue weighted by molar-refractivity contribution is -0.167. The maximum Gasteiger partial charge on any atom is 0.306 e. The summed E-state index contributed by atoms with van der Waals surface area (Å²) in [4.78, 5) is 37.7. The zero-order valence-electron chi connectivity index (χ0n) is 43.8. The first-order chi connectivity index (χ1) is 32.0. The van der Waals surface area contributed by atoms with E-state index in [4.69, 9.17) is 14.2 Å². The van der Waals surface area contributed by atoms with E-state index in [1.54, 1.807) is 0 Å². The van der Waals surface area contributed by atoms with Crippen molar-refractivity contribution in [3.63, 3.8) is 0 Å². The number of hydrogen-bond acceptors (Lipinski definition) is 6. The van der Waals surface area contributed by atoms with E-state index in [1.165, 1.54) is 205 Å². The third-order valence-electron chi connectivity index (χ3n) is 12.9. The molecule has 382 valence electrons. The Bertz CT molecular complexity index is 1050. The van der Waals surface area contributed by atoms with E-state index in [-0.39, 0.29) is 31.1 Å². The fourth-order valence-corrected chi connectivity index (χ4v) is 8.55. The Kier molecular flexibility index (Phi) is 52.7. The van der Waals surface area contributed by atoms with Gasteiger partial charge in [-0.1, -0.05) is 251 Å². The van der Waals surface area contributed by atoms with Gasteiger partial charge in [0.15, 0.2) is 6.10 Å². The summed E-state index contributed by atoms with van der Waals surface area (Å²) >= 11 is 0. The Balaban J connectivity index is 3.99. The lowest BCUT2D eigenvalue weighted by atomic mass is 10.0. The summed E-state index contributed by atoms with van der Waals surface area (Å²) < 4.78 is 16.7. The van der Waals surface area contributed by atoms with Gasteiger partial charge < -0.3 is 14.2 Å². The average molecular weight is 916 g/mol. The molecule has 0 bridgehead atoms. The molecule has 6 heteroatoms. The summed E-state index contributed by atoms with van der Waals surface area (Å²) in [5.74, 6) is -0.879. The topological polar surface area (TPSA) is 78.9 Å². The van der Waals surface area contributed by atoms with Crippen molar-refractivity contribution in [3.8, 4) is 0 Å². The Morgan fingerprint density at radius 3 is 0.769 bits per heavy atom. The van der Waals surface area contributed by atoms with Crippen LogP contribution in [0.1, 0.15) is 316 Å². The molecule has 0 fully saturated rings. The fourth-order valence-electron chi connectivity index (χ4n) is 8.55. The summed E-state index contributed by atoms with van der Waals surface area (Å²) in [5.41, 5.74) is 0. The molecular weight excluding hydrogens is 805 g/mol. The summed E-state index contributed by atoms with van der Waals surface area (Å²) in [7, 11) is 0. The van der Waals surface area contributed by atoms with Gasteiger partial charge in [0.1, 0.15) is 13.2 Å². The number of carbonyl (C=O) groups is 3. The largest absolute Gasteiger partial charge is 0.462 e. The molecule has 0 saturated carbocycles. The summed E-state index contributed by atoms with van der Waals surface area (Å²) in [6.45, 7) is 6.58. The molecule has 0 aliphatic carbocycles. The molecular formula is C59H110O6. The van der Waals surface area contributed by atoms with Crippen molar-refractivity contribution >= 4 is 17.9 Å². The molecule has 0 amide bonds. The molecule has 0 aromatic carbocycles. The molecule has 0 aromatic rings. The van der Waals surface area contributed by atoms with Crippen LogP contribution in [0.25, 0.3) is 0 Å². The number of rotatable bonds is 53. The second kappa shape index (κ2) is 54.5. The second-order valence-electron chi connectivity index (χ2n) is 19.6. The van der Waals surface area contributed by atoms with Crippen LogP contribution in [-0.2, 0) is 28.6 Å². The standard InChI is InChI=1S/C59H110O6/c1-4-7-10-13-15-17-19-21-23-24-25-26-27-28-29-30-31-32-33-34-36-37-39-41-43-46-49-52-58(61)64-55-56(54-63-57(60)51-48-45-12-9-6-3)65-59(62)53-50-47-44-42-40-38-35-22-20-18-16-14-11-8-5-2/h22,24-25,35,56H,4-21,23,26-34,36-55H2,1-3H3/b25-24-,35-22-.